The summed E-state index contributed by atoms with van der Waals surface area (Å²) in [6.45, 7) is 4.53. The van der Waals surface area contributed by atoms with Crippen molar-refractivity contribution in [2.75, 3.05) is 7.11 Å². The maximum atomic E-state index is 12.9. The normalized spacial score (nSPS) is 26.6. The van der Waals surface area contributed by atoms with Crippen molar-refractivity contribution in [3.63, 3.8) is 0 Å². The highest BCUT2D eigenvalue weighted by molar-refractivity contribution is 6.04. The van der Waals surface area contributed by atoms with Gasteiger partial charge in [-0.3, -0.25) is 4.79 Å². The van der Waals surface area contributed by atoms with Crippen molar-refractivity contribution in [1.82, 2.24) is 0 Å². The standard InChI is InChI=1S/C34H34O3/c1-20-19-27-30(21-7-5-4-6-8-21)32(22-9-11-23(36-3)12-10-22)37-33(27)31-24(20)13-14-25-26(31)17-18-34(2)28(25)15-16-29(34)35/h4-12,19,25-26,28H,13-18H2,1-3H3. The molecule has 1 heterocycles. The van der Waals surface area contributed by atoms with E-state index in [-0.39, 0.29) is 5.41 Å². The number of benzene rings is 3. The Kier molecular flexibility index (Phi) is 5.15. The molecular weight excluding hydrogens is 456 g/mol. The van der Waals surface area contributed by atoms with Crippen LogP contribution in [0.1, 0.15) is 61.6 Å². The van der Waals surface area contributed by atoms with Gasteiger partial charge < -0.3 is 9.15 Å². The smallest absolute Gasteiger partial charge is 0.143 e. The maximum Gasteiger partial charge on any atom is 0.143 e. The quantitative estimate of drug-likeness (QED) is 0.289. The first-order chi connectivity index (χ1) is 18.0. The van der Waals surface area contributed by atoms with E-state index >= 15 is 0 Å². The molecule has 3 aliphatic carbocycles. The molecule has 3 nitrogen and oxygen atoms in total. The minimum atomic E-state index is -0.117. The summed E-state index contributed by atoms with van der Waals surface area (Å²) in [5.41, 5.74) is 8.65. The minimum Gasteiger partial charge on any atom is -0.497 e. The van der Waals surface area contributed by atoms with Gasteiger partial charge in [0.1, 0.15) is 22.9 Å². The zero-order valence-corrected chi connectivity index (χ0v) is 22.0. The summed E-state index contributed by atoms with van der Waals surface area (Å²) < 4.78 is 12.4. The number of methoxy groups -OCH3 is 1. The summed E-state index contributed by atoms with van der Waals surface area (Å²) in [4.78, 5) is 12.9. The number of aryl methyl sites for hydroxylation is 1. The molecule has 0 saturated heterocycles. The van der Waals surface area contributed by atoms with Crippen LogP contribution in [-0.4, -0.2) is 12.9 Å². The summed E-state index contributed by atoms with van der Waals surface area (Å²) in [7, 11) is 1.70. The lowest BCUT2D eigenvalue weighted by Gasteiger charge is -2.48. The SMILES string of the molecule is COc1ccc(-c2oc3c4c(c(C)cc3c2-c2ccccc2)CCC2C4CCC3(C)C(=O)CCC23)cc1. The lowest BCUT2D eigenvalue weighted by molar-refractivity contribution is -0.129. The molecule has 37 heavy (non-hydrogen) atoms. The van der Waals surface area contributed by atoms with E-state index < -0.39 is 0 Å². The number of hydrogen-bond acceptors (Lipinski definition) is 3. The summed E-state index contributed by atoms with van der Waals surface area (Å²) in [6.07, 6.45) is 6.18. The van der Waals surface area contributed by atoms with E-state index in [1.807, 2.05) is 12.1 Å². The fourth-order valence-corrected chi connectivity index (χ4v) is 8.13. The topological polar surface area (TPSA) is 39.4 Å². The second-order valence-corrected chi connectivity index (χ2v) is 11.7. The Balaban J connectivity index is 1.46. The summed E-state index contributed by atoms with van der Waals surface area (Å²) >= 11 is 0. The van der Waals surface area contributed by atoms with Crippen LogP contribution < -0.4 is 4.74 Å². The fraction of sp³-hybridized carbons (Fsp3) is 0.382. The number of furan rings is 1. The largest absolute Gasteiger partial charge is 0.497 e. The zero-order chi connectivity index (χ0) is 25.3. The number of rotatable bonds is 3. The fourth-order valence-electron chi connectivity index (χ4n) is 8.13. The van der Waals surface area contributed by atoms with Gasteiger partial charge in [0.05, 0.1) is 7.11 Å². The first-order valence-electron chi connectivity index (χ1n) is 13.8. The Bertz CT molecular complexity index is 1510. The van der Waals surface area contributed by atoms with Crippen LogP contribution >= 0.6 is 0 Å². The van der Waals surface area contributed by atoms with Gasteiger partial charge in [0.15, 0.2) is 0 Å². The summed E-state index contributed by atoms with van der Waals surface area (Å²) in [6, 6.07) is 21.2. The van der Waals surface area contributed by atoms with Gasteiger partial charge in [-0.2, -0.15) is 0 Å². The van der Waals surface area contributed by atoms with Gasteiger partial charge in [0.2, 0.25) is 0 Å². The summed E-state index contributed by atoms with van der Waals surface area (Å²) in [5.74, 6) is 3.81. The highest BCUT2D eigenvalue weighted by atomic mass is 16.5. The van der Waals surface area contributed by atoms with Gasteiger partial charge in [0.25, 0.3) is 0 Å². The van der Waals surface area contributed by atoms with Crippen molar-refractivity contribution < 1.29 is 13.9 Å². The molecule has 3 aliphatic rings. The first-order valence-corrected chi connectivity index (χ1v) is 13.8. The van der Waals surface area contributed by atoms with Crippen LogP contribution in [-0.2, 0) is 11.2 Å². The molecule has 7 rings (SSSR count). The summed E-state index contributed by atoms with van der Waals surface area (Å²) in [5, 5.41) is 1.21. The molecular formula is C34H34O3. The Morgan fingerprint density at radius 2 is 1.73 bits per heavy atom. The minimum absolute atomic E-state index is 0.117. The average Bonchev–Trinajstić information content (AvgIpc) is 3.46. The molecule has 0 N–H and O–H groups in total. The molecule has 4 atom stereocenters. The van der Waals surface area contributed by atoms with Gasteiger partial charge in [-0.15, -0.1) is 0 Å². The maximum absolute atomic E-state index is 12.9. The first kappa shape index (κ1) is 22.8. The predicted molar refractivity (Wildman–Crippen MR) is 148 cm³/mol. The van der Waals surface area contributed by atoms with E-state index in [1.54, 1.807) is 7.11 Å². The molecule has 2 saturated carbocycles. The second-order valence-electron chi connectivity index (χ2n) is 11.7. The van der Waals surface area contributed by atoms with Crippen molar-refractivity contribution in [1.29, 1.82) is 0 Å². The molecule has 0 radical (unpaired) electrons. The number of ketones is 1. The third kappa shape index (κ3) is 3.29. The van der Waals surface area contributed by atoms with E-state index in [0.717, 1.165) is 54.8 Å². The van der Waals surface area contributed by atoms with E-state index in [0.29, 0.717) is 23.5 Å². The third-order valence-corrected chi connectivity index (χ3v) is 10.0. The number of ether oxygens (including phenoxy) is 1. The number of carbonyl (C=O) groups is 1. The molecule has 4 unspecified atom stereocenters. The number of fused-ring (bicyclic) bond motifs is 7. The average molecular weight is 491 g/mol. The van der Waals surface area contributed by atoms with E-state index in [1.165, 1.54) is 39.6 Å². The van der Waals surface area contributed by atoms with Crippen molar-refractivity contribution in [2.45, 2.75) is 58.3 Å². The van der Waals surface area contributed by atoms with Crippen LogP contribution in [0.2, 0.25) is 0 Å². The van der Waals surface area contributed by atoms with E-state index in [4.69, 9.17) is 9.15 Å². The lowest BCUT2D eigenvalue weighted by Crippen LogP contribution is -2.42. The third-order valence-electron chi connectivity index (χ3n) is 10.0. The molecule has 0 bridgehead atoms. The molecule has 0 aliphatic heterocycles. The van der Waals surface area contributed by atoms with Crippen LogP contribution in [0.4, 0.5) is 0 Å². The Labute approximate surface area is 218 Å². The van der Waals surface area contributed by atoms with Crippen molar-refractivity contribution >= 4 is 16.8 Å². The van der Waals surface area contributed by atoms with Crippen LogP contribution in [0, 0.1) is 24.2 Å². The Morgan fingerprint density at radius 1 is 0.946 bits per heavy atom. The van der Waals surface area contributed by atoms with Crippen LogP contribution in [0.25, 0.3) is 33.4 Å². The van der Waals surface area contributed by atoms with Crippen LogP contribution in [0.15, 0.2) is 65.1 Å². The monoisotopic (exact) mass is 490 g/mol. The molecule has 0 spiro atoms. The van der Waals surface area contributed by atoms with Crippen molar-refractivity contribution in [3.8, 4) is 28.2 Å². The van der Waals surface area contributed by atoms with Crippen LogP contribution in [0.5, 0.6) is 5.75 Å². The molecule has 188 valence electrons. The molecule has 3 heteroatoms. The lowest BCUT2D eigenvalue weighted by atomic mass is 9.55. The molecule has 3 aromatic carbocycles. The number of carbonyl (C=O) groups excluding carboxylic acids is 1. The van der Waals surface area contributed by atoms with Crippen LogP contribution in [0.3, 0.4) is 0 Å². The molecule has 1 aromatic heterocycles. The number of hydrogen-bond donors (Lipinski definition) is 0. The van der Waals surface area contributed by atoms with Crippen molar-refractivity contribution in [2.24, 2.45) is 17.3 Å². The molecule has 0 amide bonds. The number of Topliss-reactive ketones (excluding diaryl/α,β-unsaturated/α-hetero) is 1. The highest BCUT2D eigenvalue weighted by Crippen LogP contribution is 2.61. The van der Waals surface area contributed by atoms with Gasteiger partial charge in [-0.25, -0.2) is 0 Å². The Hall–Kier alpha value is -3.33. The predicted octanol–water partition coefficient (Wildman–Crippen LogP) is 8.51. The highest BCUT2D eigenvalue weighted by Gasteiger charge is 2.55. The van der Waals surface area contributed by atoms with Crippen molar-refractivity contribution in [3.05, 3.63) is 77.4 Å². The zero-order valence-electron chi connectivity index (χ0n) is 22.0. The van der Waals surface area contributed by atoms with Gasteiger partial charge in [-0.1, -0.05) is 37.3 Å². The molecule has 2 fully saturated rings. The van der Waals surface area contributed by atoms with E-state index in [2.05, 4.69) is 62.4 Å². The second kappa shape index (κ2) is 8.34. The van der Waals surface area contributed by atoms with E-state index in [9.17, 15) is 4.79 Å². The van der Waals surface area contributed by atoms with Gasteiger partial charge in [-0.05, 0) is 104 Å². The molecule has 4 aromatic rings. The van der Waals surface area contributed by atoms with Gasteiger partial charge >= 0.3 is 0 Å². The van der Waals surface area contributed by atoms with Gasteiger partial charge in [0, 0.05) is 33.9 Å². The Morgan fingerprint density at radius 3 is 2.49 bits per heavy atom.